The summed E-state index contributed by atoms with van der Waals surface area (Å²) in [5.74, 6) is 0.377. The molecule has 5 nitrogen and oxygen atoms in total. The van der Waals surface area contributed by atoms with Gasteiger partial charge in [-0.15, -0.1) is 0 Å². The van der Waals surface area contributed by atoms with Crippen LogP contribution in [-0.2, 0) is 11.3 Å². The van der Waals surface area contributed by atoms with E-state index in [4.69, 9.17) is 9.47 Å². The minimum atomic E-state index is -0.423. The van der Waals surface area contributed by atoms with E-state index >= 15 is 0 Å². The smallest absolute Gasteiger partial charge is 0.338 e. The Kier molecular flexibility index (Phi) is 6.18. The summed E-state index contributed by atoms with van der Waals surface area (Å²) < 4.78 is 10.7. The highest BCUT2D eigenvalue weighted by Crippen LogP contribution is 2.08. The first kappa shape index (κ1) is 17.8. The lowest BCUT2D eigenvalue weighted by atomic mass is 10.1. The van der Waals surface area contributed by atoms with Gasteiger partial charge >= 0.3 is 5.97 Å². The van der Waals surface area contributed by atoms with Crippen molar-refractivity contribution >= 4 is 5.97 Å². The molecule has 0 unspecified atom stereocenters. The van der Waals surface area contributed by atoms with Crippen molar-refractivity contribution < 1.29 is 14.3 Å². The van der Waals surface area contributed by atoms with E-state index in [1.807, 2.05) is 19.1 Å². The van der Waals surface area contributed by atoms with Gasteiger partial charge in [-0.1, -0.05) is 31.5 Å². The summed E-state index contributed by atoms with van der Waals surface area (Å²) in [6.07, 6.45) is 2.40. The molecule has 1 aromatic heterocycles. The summed E-state index contributed by atoms with van der Waals surface area (Å²) in [5, 5.41) is 0. The molecule has 0 aliphatic rings. The number of carbonyl (C=O) groups excluding carboxylic acids is 1. The van der Waals surface area contributed by atoms with Gasteiger partial charge in [0.15, 0.2) is 5.75 Å². The summed E-state index contributed by atoms with van der Waals surface area (Å²) in [6.45, 7) is 6.65. The molecular weight excluding hydrogens is 306 g/mol. The second kappa shape index (κ2) is 8.34. The minimum absolute atomic E-state index is 0.00816. The molecule has 1 N–H and O–H groups in total. The number of rotatable bonds is 7. The average Bonchev–Trinajstić information content (AvgIpc) is 2.55. The molecule has 5 heteroatoms. The van der Waals surface area contributed by atoms with Crippen LogP contribution in [0.2, 0.25) is 0 Å². The Morgan fingerprint density at radius 1 is 1.21 bits per heavy atom. The summed E-state index contributed by atoms with van der Waals surface area (Å²) in [4.78, 5) is 26.9. The fourth-order valence-corrected chi connectivity index (χ4v) is 2.02. The fourth-order valence-electron chi connectivity index (χ4n) is 2.02. The highest BCUT2D eigenvalue weighted by atomic mass is 16.5. The van der Waals surface area contributed by atoms with Gasteiger partial charge in [-0.3, -0.25) is 4.79 Å². The Balaban J connectivity index is 1.91. The first-order valence-electron chi connectivity index (χ1n) is 8.04. The first-order chi connectivity index (χ1) is 11.5. The zero-order chi connectivity index (χ0) is 17.5. The number of carbonyl (C=O) groups is 1. The van der Waals surface area contributed by atoms with E-state index < -0.39 is 5.97 Å². The van der Waals surface area contributed by atoms with E-state index in [1.165, 1.54) is 12.3 Å². The van der Waals surface area contributed by atoms with Gasteiger partial charge in [0.2, 0.25) is 5.43 Å². The van der Waals surface area contributed by atoms with Gasteiger partial charge < -0.3 is 14.5 Å². The molecule has 0 amide bonds. The maximum absolute atomic E-state index is 12.0. The van der Waals surface area contributed by atoms with Gasteiger partial charge in [0, 0.05) is 12.3 Å². The number of H-pyrrole nitrogens is 1. The number of hydrogen-bond acceptors (Lipinski definition) is 4. The number of ether oxygens (including phenoxy) is 2. The quantitative estimate of drug-likeness (QED) is 0.790. The molecule has 0 radical (unpaired) electrons. The van der Waals surface area contributed by atoms with Gasteiger partial charge in [-0.05, 0) is 31.4 Å². The number of aryl methyl sites for hydroxylation is 1. The summed E-state index contributed by atoms with van der Waals surface area (Å²) in [7, 11) is 0. The number of benzene rings is 1. The molecule has 0 spiro atoms. The molecule has 24 heavy (non-hydrogen) atoms. The van der Waals surface area contributed by atoms with Gasteiger partial charge in [0.1, 0.15) is 6.61 Å². The van der Waals surface area contributed by atoms with Crippen LogP contribution in [0.1, 0.15) is 41.9 Å². The van der Waals surface area contributed by atoms with Crippen LogP contribution in [0.15, 0.2) is 41.3 Å². The predicted molar refractivity (Wildman–Crippen MR) is 92.3 cm³/mol. The second-order valence-electron chi connectivity index (χ2n) is 6.16. The third kappa shape index (κ3) is 5.26. The molecule has 0 aliphatic heterocycles. The van der Waals surface area contributed by atoms with Crippen LogP contribution >= 0.6 is 0 Å². The Bertz CT molecular complexity index is 732. The van der Waals surface area contributed by atoms with E-state index in [0.717, 1.165) is 12.0 Å². The van der Waals surface area contributed by atoms with Crippen molar-refractivity contribution in [3.05, 3.63) is 63.6 Å². The summed E-state index contributed by atoms with van der Waals surface area (Å²) in [5.41, 5.74) is 1.86. The van der Waals surface area contributed by atoms with E-state index in [0.29, 0.717) is 23.8 Å². The number of aromatic amines is 1. The lowest BCUT2D eigenvalue weighted by Gasteiger charge is -2.09. The SMILES string of the molecule is Cc1ccc(C(=O)OCc2cc(=O)c(OCCC(C)C)c[nH]2)cc1. The van der Waals surface area contributed by atoms with Crippen molar-refractivity contribution in [2.24, 2.45) is 5.92 Å². The Labute approximate surface area is 141 Å². The molecular formula is C19H23NO4. The first-order valence-corrected chi connectivity index (χ1v) is 8.04. The molecule has 1 aromatic carbocycles. The second-order valence-corrected chi connectivity index (χ2v) is 6.16. The average molecular weight is 329 g/mol. The van der Waals surface area contributed by atoms with E-state index in [1.54, 1.807) is 12.1 Å². The Morgan fingerprint density at radius 3 is 2.54 bits per heavy atom. The van der Waals surface area contributed by atoms with E-state index in [-0.39, 0.29) is 17.8 Å². The maximum atomic E-state index is 12.0. The Morgan fingerprint density at radius 2 is 1.92 bits per heavy atom. The number of aromatic nitrogens is 1. The zero-order valence-corrected chi connectivity index (χ0v) is 14.3. The molecule has 0 atom stereocenters. The lowest BCUT2D eigenvalue weighted by Crippen LogP contribution is -2.13. The lowest BCUT2D eigenvalue weighted by molar-refractivity contribution is 0.0467. The van der Waals surface area contributed by atoms with Crippen molar-refractivity contribution in [1.29, 1.82) is 0 Å². The molecule has 0 saturated heterocycles. The number of hydrogen-bond donors (Lipinski definition) is 1. The molecule has 2 rings (SSSR count). The van der Waals surface area contributed by atoms with Crippen LogP contribution in [0, 0.1) is 12.8 Å². The van der Waals surface area contributed by atoms with Crippen LogP contribution in [0.3, 0.4) is 0 Å². The van der Waals surface area contributed by atoms with Crippen molar-refractivity contribution in [1.82, 2.24) is 4.98 Å². The largest absolute Gasteiger partial charge is 0.488 e. The number of pyridine rings is 1. The van der Waals surface area contributed by atoms with Gasteiger partial charge in [-0.25, -0.2) is 4.79 Å². The van der Waals surface area contributed by atoms with Crippen LogP contribution in [-0.4, -0.2) is 17.6 Å². The van der Waals surface area contributed by atoms with Crippen LogP contribution in [0.4, 0.5) is 0 Å². The standard InChI is InChI=1S/C19H23NO4/c1-13(2)8-9-23-18-11-20-16(10-17(18)21)12-24-19(22)15-6-4-14(3)5-7-15/h4-7,10-11,13H,8-9,12H2,1-3H3,(H,20,21). The normalized spacial score (nSPS) is 10.7. The zero-order valence-electron chi connectivity index (χ0n) is 14.3. The van der Waals surface area contributed by atoms with Crippen molar-refractivity contribution in [2.45, 2.75) is 33.8 Å². The van der Waals surface area contributed by atoms with Crippen LogP contribution < -0.4 is 10.2 Å². The molecule has 0 bridgehead atoms. The number of nitrogens with one attached hydrogen (secondary N) is 1. The fraction of sp³-hybridized carbons (Fsp3) is 0.368. The molecule has 0 aliphatic carbocycles. The maximum Gasteiger partial charge on any atom is 0.338 e. The number of esters is 1. The van der Waals surface area contributed by atoms with Crippen molar-refractivity contribution in [3.8, 4) is 5.75 Å². The third-order valence-corrected chi connectivity index (χ3v) is 3.54. The summed E-state index contributed by atoms with van der Waals surface area (Å²) >= 11 is 0. The highest BCUT2D eigenvalue weighted by molar-refractivity contribution is 5.89. The predicted octanol–water partition coefficient (Wildman–Crippen LogP) is 3.47. The van der Waals surface area contributed by atoms with E-state index in [2.05, 4.69) is 18.8 Å². The van der Waals surface area contributed by atoms with Crippen molar-refractivity contribution in [2.75, 3.05) is 6.61 Å². The highest BCUT2D eigenvalue weighted by Gasteiger charge is 2.09. The monoisotopic (exact) mass is 329 g/mol. The van der Waals surface area contributed by atoms with Crippen LogP contribution in [0.25, 0.3) is 0 Å². The third-order valence-electron chi connectivity index (χ3n) is 3.54. The summed E-state index contributed by atoms with van der Waals surface area (Å²) in [6, 6.07) is 8.52. The molecule has 0 saturated carbocycles. The Hall–Kier alpha value is -2.56. The van der Waals surface area contributed by atoms with Crippen molar-refractivity contribution in [3.63, 3.8) is 0 Å². The minimum Gasteiger partial charge on any atom is -0.488 e. The van der Waals surface area contributed by atoms with Gasteiger partial charge in [0.05, 0.1) is 17.9 Å². The molecule has 128 valence electrons. The topological polar surface area (TPSA) is 68.4 Å². The van der Waals surface area contributed by atoms with Gasteiger partial charge in [-0.2, -0.15) is 0 Å². The van der Waals surface area contributed by atoms with Crippen LogP contribution in [0.5, 0.6) is 5.75 Å². The molecule has 2 aromatic rings. The van der Waals surface area contributed by atoms with Gasteiger partial charge in [0.25, 0.3) is 0 Å². The molecule has 1 heterocycles. The molecule has 0 fully saturated rings. The van der Waals surface area contributed by atoms with E-state index in [9.17, 15) is 9.59 Å².